The minimum atomic E-state index is -0.282. The number of aryl methyl sites for hydroxylation is 1. The lowest BCUT2D eigenvalue weighted by molar-refractivity contribution is 0.0274. The Morgan fingerprint density at radius 1 is 1.62 bits per heavy atom. The van der Waals surface area contributed by atoms with Gasteiger partial charge in [0.15, 0.2) is 0 Å². The molecule has 114 valence electrons. The van der Waals surface area contributed by atoms with Gasteiger partial charge in [-0.2, -0.15) is 0 Å². The maximum absolute atomic E-state index is 12.4. The van der Waals surface area contributed by atoms with Crippen molar-refractivity contribution in [2.75, 3.05) is 19.8 Å². The molecule has 1 aromatic rings. The summed E-state index contributed by atoms with van der Waals surface area (Å²) in [5, 5.41) is 11.8. The van der Waals surface area contributed by atoms with Gasteiger partial charge in [-0.1, -0.05) is 11.8 Å². The Bertz CT molecular complexity index is 562. The van der Waals surface area contributed by atoms with Gasteiger partial charge in [-0.15, -0.1) is 11.3 Å². The van der Waals surface area contributed by atoms with Crippen LogP contribution in [0.1, 0.15) is 46.3 Å². The second kappa shape index (κ2) is 7.08. The normalized spacial score (nSPS) is 21.5. The molecule has 0 aromatic carbocycles. The van der Waals surface area contributed by atoms with Crippen molar-refractivity contribution < 1.29 is 14.6 Å². The number of aliphatic hydroxyl groups excluding tert-OH is 1. The minimum absolute atomic E-state index is 0.0587. The number of carbonyl (C=O) groups excluding carboxylic acids is 1. The van der Waals surface area contributed by atoms with Crippen LogP contribution in [0.25, 0.3) is 0 Å². The predicted molar refractivity (Wildman–Crippen MR) is 83.6 cm³/mol. The molecule has 0 radical (unpaired) electrons. The molecule has 2 heterocycles. The van der Waals surface area contributed by atoms with Crippen LogP contribution in [0.5, 0.6) is 0 Å². The quantitative estimate of drug-likeness (QED) is 0.841. The lowest BCUT2D eigenvalue weighted by atomic mass is 9.95. The summed E-state index contributed by atoms with van der Waals surface area (Å²) in [6.45, 7) is 5.36. The van der Waals surface area contributed by atoms with Gasteiger partial charge >= 0.3 is 0 Å². The van der Waals surface area contributed by atoms with Gasteiger partial charge in [-0.3, -0.25) is 4.79 Å². The Morgan fingerprint density at radius 2 is 2.43 bits per heavy atom. The van der Waals surface area contributed by atoms with Gasteiger partial charge in [0.2, 0.25) is 0 Å². The number of hydrogen-bond acceptors (Lipinski definition) is 4. The second-order valence-electron chi connectivity index (χ2n) is 5.57. The third-order valence-electron chi connectivity index (χ3n) is 3.43. The molecule has 21 heavy (non-hydrogen) atoms. The van der Waals surface area contributed by atoms with Crippen LogP contribution in [0.15, 0.2) is 6.07 Å². The highest BCUT2D eigenvalue weighted by Gasteiger charge is 2.30. The summed E-state index contributed by atoms with van der Waals surface area (Å²) in [4.78, 5) is 13.9. The molecule has 1 amide bonds. The molecule has 4 nitrogen and oxygen atoms in total. The van der Waals surface area contributed by atoms with E-state index in [-0.39, 0.29) is 18.1 Å². The molecule has 1 aliphatic rings. The van der Waals surface area contributed by atoms with Crippen LogP contribution in [0.2, 0.25) is 0 Å². The number of ether oxygens (including phenoxy) is 1. The van der Waals surface area contributed by atoms with E-state index in [0.29, 0.717) is 17.9 Å². The van der Waals surface area contributed by atoms with Crippen molar-refractivity contribution in [2.24, 2.45) is 0 Å². The lowest BCUT2D eigenvalue weighted by Gasteiger charge is -2.34. The molecule has 5 heteroatoms. The summed E-state index contributed by atoms with van der Waals surface area (Å²) in [7, 11) is 0. The Kier molecular flexibility index (Phi) is 5.40. The number of amides is 1. The van der Waals surface area contributed by atoms with Crippen LogP contribution in [0.3, 0.4) is 0 Å². The molecule has 2 N–H and O–H groups in total. The lowest BCUT2D eigenvalue weighted by Crippen LogP contribution is -2.51. The van der Waals surface area contributed by atoms with Crippen molar-refractivity contribution in [3.8, 4) is 11.8 Å². The van der Waals surface area contributed by atoms with Crippen molar-refractivity contribution in [1.29, 1.82) is 0 Å². The number of thiophene rings is 1. The number of rotatable bonds is 3. The fourth-order valence-corrected chi connectivity index (χ4v) is 3.23. The van der Waals surface area contributed by atoms with Crippen molar-refractivity contribution in [3.05, 3.63) is 21.4 Å². The summed E-state index contributed by atoms with van der Waals surface area (Å²) < 4.78 is 5.46. The molecule has 1 aliphatic heterocycles. The maximum atomic E-state index is 12.4. The van der Waals surface area contributed by atoms with E-state index >= 15 is 0 Å². The molecule has 0 saturated carbocycles. The zero-order valence-corrected chi connectivity index (χ0v) is 13.3. The van der Waals surface area contributed by atoms with E-state index in [9.17, 15) is 4.79 Å². The zero-order chi connectivity index (χ0) is 15.3. The summed E-state index contributed by atoms with van der Waals surface area (Å²) in [6, 6.07) is 1.87. The van der Waals surface area contributed by atoms with Gasteiger partial charge in [0, 0.05) is 13.0 Å². The second-order valence-corrected chi connectivity index (χ2v) is 6.62. The smallest absolute Gasteiger partial charge is 0.261 e. The van der Waals surface area contributed by atoms with E-state index in [1.165, 1.54) is 11.3 Å². The maximum Gasteiger partial charge on any atom is 0.261 e. The minimum Gasteiger partial charge on any atom is -0.395 e. The molecule has 0 aliphatic carbocycles. The van der Waals surface area contributed by atoms with Crippen LogP contribution in [-0.4, -0.2) is 36.4 Å². The Labute approximate surface area is 129 Å². The molecule has 0 spiro atoms. The number of aliphatic hydroxyl groups is 1. The van der Waals surface area contributed by atoms with Crippen LogP contribution < -0.4 is 5.32 Å². The molecule has 0 bridgehead atoms. The van der Waals surface area contributed by atoms with E-state index in [4.69, 9.17) is 9.84 Å². The molecule has 2 rings (SSSR count). The number of hydrogen-bond donors (Lipinski definition) is 2. The first-order valence-electron chi connectivity index (χ1n) is 7.14. The predicted octanol–water partition coefficient (Wildman–Crippen LogP) is 2.09. The van der Waals surface area contributed by atoms with E-state index < -0.39 is 0 Å². The zero-order valence-electron chi connectivity index (χ0n) is 12.5. The van der Waals surface area contributed by atoms with Crippen LogP contribution in [0, 0.1) is 18.8 Å². The number of nitrogens with one attached hydrogen (secondary N) is 1. The summed E-state index contributed by atoms with van der Waals surface area (Å²) >= 11 is 1.40. The monoisotopic (exact) mass is 307 g/mol. The molecule has 1 aromatic heterocycles. The highest BCUT2D eigenvalue weighted by Crippen LogP contribution is 2.23. The van der Waals surface area contributed by atoms with E-state index in [1.54, 1.807) is 0 Å². The van der Waals surface area contributed by atoms with Crippen LogP contribution in [0.4, 0.5) is 0 Å². The average molecular weight is 307 g/mol. The van der Waals surface area contributed by atoms with Crippen molar-refractivity contribution in [2.45, 2.75) is 38.6 Å². The van der Waals surface area contributed by atoms with Crippen LogP contribution >= 0.6 is 11.3 Å². The molecular formula is C16H21NO3S. The molecular weight excluding hydrogens is 286 g/mol. The highest BCUT2D eigenvalue weighted by atomic mass is 32.1. The fourth-order valence-electron chi connectivity index (χ4n) is 2.29. The molecule has 1 fully saturated rings. The summed E-state index contributed by atoms with van der Waals surface area (Å²) in [6.07, 6.45) is 2.36. The van der Waals surface area contributed by atoms with Gasteiger partial charge in [0.05, 0.1) is 28.5 Å². The first-order chi connectivity index (χ1) is 10.0. The first-order valence-corrected chi connectivity index (χ1v) is 7.96. The highest BCUT2D eigenvalue weighted by molar-refractivity contribution is 7.14. The van der Waals surface area contributed by atoms with Gasteiger partial charge in [0.1, 0.15) is 0 Å². The average Bonchev–Trinajstić information content (AvgIpc) is 2.81. The third-order valence-corrected chi connectivity index (χ3v) is 4.58. The van der Waals surface area contributed by atoms with E-state index in [1.807, 2.05) is 19.9 Å². The van der Waals surface area contributed by atoms with Gasteiger partial charge in [0.25, 0.3) is 5.91 Å². The van der Waals surface area contributed by atoms with Gasteiger partial charge in [-0.05, 0) is 38.3 Å². The largest absolute Gasteiger partial charge is 0.395 e. The molecule has 1 unspecified atom stereocenters. The summed E-state index contributed by atoms with van der Waals surface area (Å²) in [5.74, 6) is 5.83. The van der Waals surface area contributed by atoms with Gasteiger partial charge in [-0.25, -0.2) is 0 Å². The molecule has 1 saturated heterocycles. The van der Waals surface area contributed by atoms with E-state index in [0.717, 1.165) is 29.9 Å². The van der Waals surface area contributed by atoms with Crippen molar-refractivity contribution in [1.82, 2.24) is 5.32 Å². The van der Waals surface area contributed by atoms with E-state index in [2.05, 4.69) is 17.2 Å². The number of carbonyl (C=O) groups is 1. The topological polar surface area (TPSA) is 58.6 Å². The Morgan fingerprint density at radius 3 is 3.10 bits per heavy atom. The van der Waals surface area contributed by atoms with Crippen molar-refractivity contribution in [3.63, 3.8) is 0 Å². The first kappa shape index (κ1) is 16.0. The Balaban J connectivity index is 2.06. The SMILES string of the molecule is Cc1cc(C(=O)NC2(C)CCCOC2)sc1C#CCCO. The van der Waals surface area contributed by atoms with Gasteiger partial charge < -0.3 is 15.2 Å². The standard InChI is InChI=1S/C16H21NO3S/c1-12-10-14(21-13(12)6-3-4-8-18)15(19)17-16(2)7-5-9-20-11-16/h10,18H,4-5,7-9,11H2,1-2H3,(H,17,19). The van der Waals surface area contributed by atoms with Crippen LogP contribution in [-0.2, 0) is 4.74 Å². The molecule has 1 atom stereocenters. The third kappa shape index (κ3) is 4.31. The fraction of sp³-hybridized carbons (Fsp3) is 0.562. The Hall–Kier alpha value is -1.35. The summed E-state index contributed by atoms with van der Waals surface area (Å²) in [5.41, 5.74) is 0.719. The van der Waals surface area contributed by atoms with Crippen molar-refractivity contribution >= 4 is 17.2 Å².